The summed E-state index contributed by atoms with van der Waals surface area (Å²) in [6.45, 7) is 0. The first kappa shape index (κ1) is 15.5. The van der Waals surface area contributed by atoms with Crippen LogP contribution >= 0.6 is 0 Å². The minimum atomic E-state index is -0.852. The predicted octanol–water partition coefficient (Wildman–Crippen LogP) is 1.30. The number of hydrogen-bond donors (Lipinski definition) is 3. The highest BCUT2D eigenvalue weighted by Crippen LogP contribution is 2.20. The average molecular weight is 305 g/mol. The van der Waals surface area contributed by atoms with Crippen molar-refractivity contribution >= 4 is 17.6 Å². The Kier molecular flexibility index (Phi) is 4.72. The Morgan fingerprint density at radius 1 is 1.41 bits per heavy atom. The molecule has 0 fully saturated rings. The molecule has 8 heteroatoms. The van der Waals surface area contributed by atoms with Crippen LogP contribution in [0.15, 0.2) is 36.7 Å². The topological polar surface area (TPSA) is 102 Å². The number of aryl methyl sites for hydroxylation is 1. The van der Waals surface area contributed by atoms with Gasteiger partial charge in [0.2, 0.25) is 5.91 Å². The third kappa shape index (κ3) is 4.05. The fraction of sp³-hybridized carbons (Fsp3) is 0.214. The summed E-state index contributed by atoms with van der Waals surface area (Å²) in [5.74, 6) is -0.912. The molecule has 0 spiro atoms. The fourth-order valence-electron chi connectivity index (χ4n) is 2.05. The second-order valence-electron chi connectivity index (χ2n) is 4.74. The van der Waals surface area contributed by atoms with Crippen molar-refractivity contribution in [1.29, 1.82) is 0 Å². The van der Waals surface area contributed by atoms with Crippen molar-refractivity contribution in [2.45, 2.75) is 12.5 Å². The van der Waals surface area contributed by atoms with Crippen LogP contribution in [0.25, 0.3) is 0 Å². The van der Waals surface area contributed by atoms with Crippen LogP contribution in [0, 0.1) is 5.82 Å². The summed E-state index contributed by atoms with van der Waals surface area (Å²) < 4.78 is 15.4. The summed E-state index contributed by atoms with van der Waals surface area (Å²) in [6.07, 6.45) is 2.95. The van der Waals surface area contributed by atoms with Crippen molar-refractivity contribution in [3.8, 4) is 0 Å². The van der Waals surface area contributed by atoms with Gasteiger partial charge in [-0.25, -0.2) is 9.18 Å². The van der Waals surface area contributed by atoms with Gasteiger partial charge < -0.3 is 16.4 Å². The molecule has 0 saturated heterocycles. The predicted molar refractivity (Wildman–Crippen MR) is 78.3 cm³/mol. The van der Waals surface area contributed by atoms with E-state index in [0.717, 1.165) is 0 Å². The third-order valence-electron chi connectivity index (χ3n) is 2.98. The molecule has 7 nitrogen and oxygen atoms in total. The second-order valence-corrected chi connectivity index (χ2v) is 4.74. The summed E-state index contributed by atoms with van der Waals surface area (Å²) in [5.41, 5.74) is 5.80. The van der Waals surface area contributed by atoms with Crippen molar-refractivity contribution in [3.05, 3.63) is 48.0 Å². The molecule has 2 aromatic rings. The monoisotopic (exact) mass is 305 g/mol. The van der Waals surface area contributed by atoms with Crippen LogP contribution in [-0.4, -0.2) is 21.7 Å². The molecule has 1 aromatic carbocycles. The lowest BCUT2D eigenvalue weighted by Gasteiger charge is -2.18. The van der Waals surface area contributed by atoms with Gasteiger partial charge in [0.25, 0.3) is 0 Å². The van der Waals surface area contributed by atoms with Crippen LogP contribution in [0.3, 0.4) is 0 Å². The first-order chi connectivity index (χ1) is 10.5. The maximum absolute atomic E-state index is 13.8. The summed E-state index contributed by atoms with van der Waals surface area (Å²) in [4.78, 5) is 23.1. The Morgan fingerprint density at radius 3 is 2.73 bits per heavy atom. The number of nitrogens with zero attached hydrogens (tertiary/aromatic N) is 2. The van der Waals surface area contributed by atoms with Crippen LogP contribution in [0.2, 0.25) is 0 Å². The molecule has 1 heterocycles. The number of urea groups is 1. The van der Waals surface area contributed by atoms with E-state index >= 15 is 0 Å². The van der Waals surface area contributed by atoms with Gasteiger partial charge in [0.1, 0.15) is 5.82 Å². The Hall–Kier alpha value is -2.90. The highest BCUT2D eigenvalue weighted by molar-refractivity contribution is 5.91. The summed E-state index contributed by atoms with van der Waals surface area (Å²) >= 11 is 0. The van der Waals surface area contributed by atoms with Gasteiger partial charge >= 0.3 is 6.03 Å². The van der Waals surface area contributed by atoms with E-state index < -0.39 is 23.8 Å². The zero-order valence-corrected chi connectivity index (χ0v) is 11.9. The molecular formula is C14H16FN5O2. The van der Waals surface area contributed by atoms with E-state index in [1.807, 2.05) is 0 Å². The number of halogens is 1. The molecule has 0 saturated carbocycles. The Bertz CT molecular complexity index is 685. The number of anilines is 1. The molecule has 0 unspecified atom stereocenters. The summed E-state index contributed by atoms with van der Waals surface area (Å²) in [7, 11) is 1.71. The van der Waals surface area contributed by atoms with Gasteiger partial charge in [0, 0.05) is 18.8 Å². The zero-order valence-electron chi connectivity index (χ0n) is 11.9. The molecule has 4 N–H and O–H groups in total. The largest absolute Gasteiger partial charge is 0.352 e. The van der Waals surface area contributed by atoms with Crippen molar-refractivity contribution in [1.82, 2.24) is 15.1 Å². The molecule has 116 valence electrons. The van der Waals surface area contributed by atoms with Crippen molar-refractivity contribution in [2.24, 2.45) is 12.8 Å². The first-order valence-electron chi connectivity index (χ1n) is 6.54. The number of rotatable bonds is 5. The van der Waals surface area contributed by atoms with Gasteiger partial charge in [-0.3, -0.25) is 9.48 Å². The van der Waals surface area contributed by atoms with E-state index in [2.05, 4.69) is 15.7 Å². The molecule has 1 aromatic heterocycles. The van der Waals surface area contributed by atoms with Crippen LogP contribution in [0.4, 0.5) is 14.9 Å². The van der Waals surface area contributed by atoms with E-state index in [9.17, 15) is 14.0 Å². The van der Waals surface area contributed by atoms with E-state index in [1.54, 1.807) is 19.3 Å². The quantitative estimate of drug-likeness (QED) is 0.775. The highest BCUT2D eigenvalue weighted by Gasteiger charge is 2.20. The zero-order chi connectivity index (χ0) is 16.1. The molecule has 3 amide bonds. The lowest BCUT2D eigenvalue weighted by molar-refractivity contribution is -0.116. The fourth-order valence-corrected chi connectivity index (χ4v) is 2.05. The molecule has 0 radical (unpaired) electrons. The van der Waals surface area contributed by atoms with Gasteiger partial charge in [-0.1, -0.05) is 18.2 Å². The minimum Gasteiger partial charge on any atom is -0.352 e. The Morgan fingerprint density at radius 2 is 2.14 bits per heavy atom. The van der Waals surface area contributed by atoms with Crippen molar-refractivity contribution in [3.63, 3.8) is 0 Å². The molecule has 0 aliphatic heterocycles. The van der Waals surface area contributed by atoms with Gasteiger partial charge in [-0.2, -0.15) is 5.10 Å². The Balaban J connectivity index is 2.11. The number of benzene rings is 1. The lowest BCUT2D eigenvalue weighted by Crippen LogP contribution is -2.35. The van der Waals surface area contributed by atoms with E-state index in [-0.39, 0.29) is 12.0 Å². The normalized spacial score (nSPS) is 11.7. The standard InChI is InChI=1S/C14H16FN5O2/c1-20-8-9(7-17-20)18-13(21)6-12(19-14(16)22)10-4-2-3-5-11(10)15/h2-5,7-8,12H,6H2,1H3,(H,18,21)(H3,16,19,22)/t12-/m1/s1. The number of aromatic nitrogens is 2. The molecule has 0 bridgehead atoms. The molecule has 1 atom stereocenters. The van der Waals surface area contributed by atoms with Gasteiger partial charge in [-0.15, -0.1) is 0 Å². The third-order valence-corrected chi connectivity index (χ3v) is 2.98. The van der Waals surface area contributed by atoms with Crippen LogP contribution in [-0.2, 0) is 11.8 Å². The number of amides is 3. The maximum Gasteiger partial charge on any atom is 0.312 e. The summed E-state index contributed by atoms with van der Waals surface area (Å²) in [6, 6.07) is 4.21. The summed E-state index contributed by atoms with van der Waals surface area (Å²) in [5, 5.41) is 8.92. The van der Waals surface area contributed by atoms with Crippen LogP contribution in [0.1, 0.15) is 18.0 Å². The van der Waals surface area contributed by atoms with Crippen molar-refractivity contribution < 1.29 is 14.0 Å². The van der Waals surface area contributed by atoms with E-state index in [1.165, 1.54) is 29.1 Å². The number of carbonyl (C=O) groups is 2. The molecule has 22 heavy (non-hydrogen) atoms. The van der Waals surface area contributed by atoms with E-state index in [4.69, 9.17) is 5.73 Å². The highest BCUT2D eigenvalue weighted by atomic mass is 19.1. The van der Waals surface area contributed by atoms with Gasteiger partial charge in [0.15, 0.2) is 0 Å². The number of hydrogen-bond acceptors (Lipinski definition) is 3. The first-order valence-corrected chi connectivity index (χ1v) is 6.54. The minimum absolute atomic E-state index is 0.154. The van der Waals surface area contributed by atoms with Gasteiger partial charge in [0.05, 0.1) is 24.3 Å². The van der Waals surface area contributed by atoms with Crippen LogP contribution < -0.4 is 16.4 Å². The number of carbonyl (C=O) groups excluding carboxylic acids is 2. The molecular weight excluding hydrogens is 289 g/mol. The molecule has 2 rings (SSSR count). The van der Waals surface area contributed by atoms with Crippen LogP contribution in [0.5, 0.6) is 0 Å². The second kappa shape index (κ2) is 6.70. The number of nitrogens with one attached hydrogen (secondary N) is 2. The average Bonchev–Trinajstić information content (AvgIpc) is 2.83. The number of primary amides is 1. The number of nitrogens with two attached hydrogens (primary N) is 1. The maximum atomic E-state index is 13.8. The van der Waals surface area contributed by atoms with Gasteiger partial charge in [-0.05, 0) is 6.07 Å². The van der Waals surface area contributed by atoms with E-state index in [0.29, 0.717) is 5.69 Å². The smallest absolute Gasteiger partial charge is 0.312 e. The molecule has 0 aliphatic rings. The van der Waals surface area contributed by atoms with Crippen molar-refractivity contribution in [2.75, 3.05) is 5.32 Å². The SMILES string of the molecule is Cn1cc(NC(=O)C[C@@H](NC(N)=O)c2ccccc2F)cn1. The Labute approximate surface area is 126 Å². The molecule has 0 aliphatic carbocycles. The lowest BCUT2D eigenvalue weighted by atomic mass is 10.0.